The van der Waals surface area contributed by atoms with Crippen LogP contribution in [0.15, 0.2) is 48.5 Å². The van der Waals surface area contributed by atoms with Crippen molar-refractivity contribution in [2.45, 2.75) is 45.3 Å². The smallest absolute Gasteiger partial charge is 0.429 e. The number of carbonyl (C=O) groups excluding carboxylic acids is 3. The molecule has 2 N–H and O–H groups in total. The van der Waals surface area contributed by atoms with E-state index in [-0.39, 0.29) is 19.1 Å². The van der Waals surface area contributed by atoms with Crippen LogP contribution >= 0.6 is 0 Å². The number of nitrogens with zero attached hydrogens (tertiary/aromatic N) is 1. The Morgan fingerprint density at radius 1 is 1.06 bits per heavy atom. The number of terminal acetylenes is 1. The second-order valence-electron chi connectivity index (χ2n) is 8.94. The maximum Gasteiger partial charge on any atom is 0.429 e. The van der Waals surface area contributed by atoms with Crippen molar-refractivity contribution in [2.75, 3.05) is 13.2 Å². The number of alkyl carbamates (subject to hydrolysis) is 1. The summed E-state index contributed by atoms with van der Waals surface area (Å²) < 4.78 is 10.7. The monoisotopic (exact) mass is 463 g/mol. The lowest BCUT2D eigenvalue weighted by Gasteiger charge is -2.25. The number of ether oxygens (including phenoxy) is 2. The predicted octanol–water partition coefficient (Wildman–Crippen LogP) is 3.82. The molecule has 0 bridgehead atoms. The molecular formula is C26H29N3O5. The molecule has 178 valence electrons. The fourth-order valence-corrected chi connectivity index (χ4v) is 3.69. The summed E-state index contributed by atoms with van der Waals surface area (Å²) in [5, 5.41) is 3.32. The molecule has 3 amide bonds. The topological polar surface area (TPSA) is 97.0 Å². The van der Waals surface area contributed by atoms with Crippen molar-refractivity contribution in [2.24, 2.45) is 0 Å². The first-order valence-electron chi connectivity index (χ1n) is 11.0. The zero-order valence-corrected chi connectivity index (χ0v) is 19.8. The summed E-state index contributed by atoms with van der Waals surface area (Å²) >= 11 is 0. The molecule has 2 aromatic carbocycles. The molecule has 0 saturated heterocycles. The number of nitrogens with one attached hydrogen (secondary N) is 2. The van der Waals surface area contributed by atoms with Crippen LogP contribution in [0.4, 0.5) is 9.59 Å². The number of hydrazine groups is 1. The van der Waals surface area contributed by atoms with Crippen molar-refractivity contribution in [3.63, 3.8) is 0 Å². The van der Waals surface area contributed by atoms with E-state index in [1.54, 1.807) is 20.8 Å². The third-order valence-corrected chi connectivity index (χ3v) is 5.18. The zero-order valence-electron chi connectivity index (χ0n) is 19.8. The van der Waals surface area contributed by atoms with Crippen molar-refractivity contribution in [3.05, 3.63) is 59.7 Å². The van der Waals surface area contributed by atoms with Crippen molar-refractivity contribution >= 4 is 18.1 Å². The van der Waals surface area contributed by atoms with Crippen LogP contribution in [0.2, 0.25) is 0 Å². The van der Waals surface area contributed by atoms with Crippen LogP contribution in [0.5, 0.6) is 0 Å². The minimum absolute atomic E-state index is 0.0789. The summed E-state index contributed by atoms with van der Waals surface area (Å²) in [6, 6.07) is 15.0. The molecule has 2 aromatic rings. The Hall–Kier alpha value is -3.99. The van der Waals surface area contributed by atoms with Crippen LogP contribution in [-0.4, -0.2) is 47.9 Å². The normalized spacial score (nSPS) is 13.0. The van der Waals surface area contributed by atoms with E-state index in [4.69, 9.17) is 15.9 Å². The molecule has 3 rings (SSSR count). The SMILES string of the molecule is C#CCN(NC(=O)[C@H](C)NC(=O)OC(C)(C)C)C(=O)OCC1c2ccccc2-c2ccccc21. The third kappa shape index (κ3) is 5.87. The van der Waals surface area contributed by atoms with Gasteiger partial charge in [0.25, 0.3) is 5.91 Å². The quantitative estimate of drug-likeness (QED) is 0.519. The van der Waals surface area contributed by atoms with Gasteiger partial charge >= 0.3 is 12.2 Å². The third-order valence-electron chi connectivity index (χ3n) is 5.18. The summed E-state index contributed by atoms with van der Waals surface area (Å²) in [7, 11) is 0. The molecule has 0 heterocycles. The summed E-state index contributed by atoms with van der Waals surface area (Å²) in [6.07, 6.45) is 3.83. The lowest BCUT2D eigenvalue weighted by atomic mass is 9.98. The van der Waals surface area contributed by atoms with E-state index in [0.29, 0.717) is 0 Å². The standard InChI is InChI=1S/C26H29N3O5/c1-6-15-29(28-23(30)17(2)27-24(31)34-26(3,4)5)25(32)33-16-22-20-13-9-7-11-18(20)19-12-8-10-14-21(19)22/h1,7-14,17,22H,15-16H2,2-5H3,(H,27,31)(H,28,30)/t17-/m0/s1. The van der Waals surface area contributed by atoms with Gasteiger partial charge in [0.2, 0.25) is 0 Å². The molecule has 8 nitrogen and oxygen atoms in total. The van der Waals surface area contributed by atoms with Gasteiger partial charge in [-0.05, 0) is 49.9 Å². The summed E-state index contributed by atoms with van der Waals surface area (Å²) in [4.78, 5) is 37.2. The van der Waals surface area contributed by atoms with Crippen LogP contribution in [-0.2, 0) is 14.3 Å². The van der Waals surface area contributed by atoms with E-state index in [1.165, 1.54) is 6.92 Å². The Morgan fingerprint density at radius 2 is 1.62 bits per heavy atom. The highest BCUT2D eigenvalue weighted by Gasteiger charge is 2.30. The maximum absolute atomic E-state index is 12.8. The van der Waals surface area contributed by atoms with Gasteiger partial charge in [-0.1, -0.05) is 54.5 Å². The first-order valence-corrected chi connectivity index (χ1v) is 11.0. The van der Waals surface area contributed by atoms with Gasteiger partial charge in [0.05, 0.1) is 0 Å². The van der Waals surface area contributed by atoms with E-state index < -0.39 is 29.7 Å². The van der Waals surface area contributed by atoms with Gasteiger partial charge in [0, 0.05) is 5.92 Å². The zero-order chi connectivity index (χ0) is 24.9. The number of hydrogen-bond acceptors (Lipinski definition) is 5. The molecule has 0 aliphatic heterocycles. The van der Waals surface area contributed by atoms with Gasteiger partial charge < -0.3 is 14.8 Å². The van der Waals surface area contributed by atoms with Crippen LogP contribution in [0.25, 0.3) is 11.1 Å². The van der Waals surface area contributed by atoms with Crippen molar-refractivity contribution in [3.8, 4) is 23.5 Å². The Balaban J connectivity index is 1.63. The van der Waals surface area contributed by atoms with E-state index in [0.717, 1.165) is 27.3 Å². The molecule has 0 spiro atoms. The van der Waals surface area contributed by atoms with E-state index >= 15 is 0 Å². The first kappa shape index (κ1) is 24.6. The first-order chi connectivity index (χ1) is 16.1. The van der Waals surface area contributed by atoms with Gasteiger partial charge in [0.15, 0.2) is 0 Å². The highest BCUT2D eigenvalue weighted by Crippen LogP contribution is 2.44. The van der Waals surface area contributed by atoms with E-state index in [2.05, 4.69) is 16.7 Å². The van der Waals surface area contributed by atoms with Gasteiger partial charge in [0.1, 0.15) is 24.8 Å². The Labute approximate surface area is 199 Å². The van der Waals surface area contributed by atoms with Crippen molar-refractivity contribution < 1.29 is 23.9 Å². The second-order valence-corrected chi connectivity index (χ2v) is 8.94. The average Bonchev–Trinajstić information content (AvgIpc) is 3.09. The number of carbonyl (C=O) groups is 3. The van der Waals surface area contributed by atoms with Gasteiger partial charge in [-0.2, -0.15) is 0 Å². The van der Waals surface area contributed by atoms with Gasteiger partial charge in [-0.25, -0.2) is 14.6 Å². The second kappa shape index (κ2) is 10.3. The molecule has 0 aromatic heterocycles. The van der Waals surface area contributed by atoms with E-state index in [9.17, 15) is 14.4 Å². The number of rotatable bonds is 5. The van der Waals surface area contributed by atoms with Gasteiger partial charge in [-0.3, -0.25) is 10.2 Å². The lowest BCUT2D eigenvalue weighted by Crippen LogP contribution is -2.54. The Bertz CT molecular complexity index is 1070. The molecule has 34 heavy (non-hydrogen) atoms. The number of fused-ring (bicyclic) bond motifs is 3. The predicted molar refractivity (Wildman–Crippen MR) is 128 cm³/mol. The Kier molecular flexibility index (Phi) is 7.47. The van der Waals surface area contributed by atoms with Gasteiger partial charge in [-0.15, -0.1) is 6.42 Å². The average molecular weight is 464 g/mol. The van der Waals surface area contributed by atoms with Crippen LogP contribution in [0, 0.1) is 12.3 Å². The largest absolute Gasteiger partial charge is 0.447 e. The molecule has 0 unspecified atom stereocenters. The fourth-order valence-electron chi connectivity index (χ4n) is 3.69. The molecule has 1 aliphatic carbocycles. The van der Waals surface area contributed by atoms with E-state index in [1.807, 2.05) is 48.5 Å². The molecule has 0 radical (unpaired) electrons. The Morgan fingerprint density at radius 3 is 2.15 bits per heavy atom. The molecule has 1 aliphatic rings. The number of benzene rings is 2. The minimum Gasteiger partial charge on any atom is -0.447 e. The summed E-state index contributed by atoms with van der Waals surface area (Å²) in [6.45, 7) is 6.47. The summed E-state index contributed by atoms with van der Waals surface area (Å²) in [5.74, 6) is 1.55. The van der Waals surface area contributed by atoms with Crippen LogP contribution in [0.3, 0.4) is 0 Å². The number of amides is 3. The molecule has 0 fully saturated rings. The highest BCUT2D eigenvalue weighted by atomic mass is 16.6. The van der Waals surface area contributed by atoms with Crippen molar-refractivity contribution in [1.29, 1.82) is 0 Å². The molecule has 1 atom stereocenters. The molecule has 0 saturated carbocycles. The number of hydrogen-bond donors (Lipinski definition) is 2. The van der Waals surface area contributed by atoms with Crippen LogP contribution in [0.1, 0.15) is 44.7 Å². The lowest BCUT2D eigenvalue weighted by molar-refractivity contribution is -0.126. The molecular weight excluding hydrogens is 434 g/mol. The maximum atomic E-state index is 12.8. The minimum atomic E-state index is -0.975. The fraction of sp³-hybridized carbons (Fsp3) is 0.346. The molecule has 8 heteroatoms. The van der Waals surface area contributed by atoms with Crippen molar-refractivity contribution in [1.82, 2.24) is 15.8 Å². The van der Waals surface area contributed by atoms with Crippen LogP contribution < -0.4 is 10.7 Å². The summed E-state index contributed by atoms with van der Waals surface area (Å²) in [5.41, 5.74) is 6.05. The highest BCUT2D eigenvalue weighted by molar-refractivity contribution is 5.86.